The van der Waals surface area contributed by atoms with E-state index in [-0.39, 0.29) is 11.0 Å². The summed E-state index contributed by atoms with van der Waals surface area (Å²) in [7, 11) is 2.14. The highest BCUT2D eigenvalue weighted by atomic mass is 35.5. The molecule has 0 atom stereocenters. The summed E-state index contributed by atoms with van der Waals surface area (Å²) < 4.78 is 1.30. The lowest BCUT2D eigenvalue weighted by atomic mass is 9.78. The fourth-order valence-corrected chi connectivity index (χ4v) is 4.93. The maximum atomic E-state index is 13.1. The number of nitrogens with zero attached hydrogens (tertiary/aromatic N) is 5. The Morgan fingerprint density at radius 3 is 2.73 bits per heavy atom. The predicted octanol–water partition coefficient (Wildman–Crippen LogP) is 4.60. The van der Waals surface area contributed by atoms with Crippen molar-refractivity contribution in [2.24, 2.45) is 0 Å². The molecule has 5 rings (SSSR count). The van der Waals surface area contributed by atoms with Gasteiger partial charge in [-0.05, 0) is 49.4 Å². The number of benzene rings is 2. The molecule has 1 aliphatic heterocycles. The number of aryl methyl sites for hydroxylation is 1. The van der Waals surface area contributed by atoms with Crippen LogP contribution in [0.1, 0.15) is 30.7 Å². The zero-order valence-electron chi connectivity index (χ0n) is 19.1. The Kier molecular flexibility index (Phi) is 5.18. The lowest BCUT2D eigenvalue weighted by molar-refractivity contribution is 0.236. The molecule has 1 N–H and O–H groups in total. The molecule has 2 aromatic heterocycles. The normalized spacial score (nSPS) is 15.4. The lowest BCUT2D eigenvalue weighted by Crippen LogP contribution is -2.39. The van der Waals surface area contributed by atoms with Gasteiger partial charge in [0.2, 0.25) is 5.95 Å². The highest BCUT2D eigenvalue weighted by Gasteiger charge is 2.30. The van der Waals surface area contributed by atoms with E-state index in [1.807, 2.05) is 19.1 Å². The van der Waals surface area contributed by atoms with Crippen LogP contribution in [0.4, 0.5) is 11.6 Å². The molecule has 4 aromatic rings. The van der Waals surface area contributed by atoms with E-state index in [2.05, 4.69) is 64.4 Å². The fraction of sp³-hybridized carbons (Fsp3) is 0.280. The van der Waals surface area contributed by atoms with E-state index in [0.717, 1.165) is 18.8 Å². The molecule has 0 bridgehead atoms. The van der Waals surface area contributed by atoms with E-state index >= 15 is 0 Å². The van der Waals surface area contributed by atoms with Crippen molar-refractivity contribution in [1.82, 2.24) is 24.6 Å². The second kappa shape index (κ2) is 7.93. The maximum absolute atomic E-state index is 13.1. The number of likely N-dealkylation sites (N-methyl/N-ethyl adjacent to an activating group) is 1. The van der Waals surface area contributed by atoms with Crippen LogP contribution >= 0.6 is 11.6 Å². The topological polar surface area (TPSA) is 75.9 Å². The second-order valence-electron chi connectivity index (χ2n) is 9.26. The van der Waals surface area contributed by atoms with E-state index in [9.17, 15) is 4.79 Å². The van der Waals surface area contributed by atoms with Crippen molar-refractivity contribution >= 4 is 34.1 Å². The van der Waals surface area contributed by atoms with Gasteiger partial charge in [0.1, 0.15) is 5.52 Å². The number of anilines is 2. The Bertz CT molecular complexity index is 1450. The summed E-state index contributed by atoms with van der Waals surface area (Å²) in [5, 5.41) is 8.59. The van der Waals surface area contributed by atoms with Crippen LogP contribution in [0.25, 0.3) is 16.6 Å². The molecule has 7 nitrogen and oxygen atoms in total. The minimum absolute atomic E-state index is 0.102. The van der Waals surface area contributed by atoms with Crippen LogP contribution in [-0.4, -0.2) is 38.2 Å². The molecule has 1 aliphatic rings. The standard InChI is InChI=1S/C25H25ClN6O/c1-15-22-18(23(33)32(30-15)21-8-6-5-7-20(21)26)12-27-24(29-22)28-17-9-10-19-16(11-17)13-31(4)14-25(19,2)3/h5-12H,13-14H2,1-4H3,(H,27,28,29). The summed E-state index contributed by atoms with van der Waals surface area (Å²) in [4.78, 5) is 24.4. The Morgan fingerprint density at radius 1 is 1.15 bits per heavy atom. The Hall–Kier alpha value is -3.29. The van der Waals surface area contributed by atoms with E-state index in [4.69, 9.17) is 11.6 Å². The van der Waals surface area contributed by atoms with Crippen molar-refractivity contribution in [2.45, 2.75) is 32.7 Å². The van der Waals surface area contributed by atoms with Crippen LogP contribution in [0.5, 0.6) is 0 Å². The summed E-state index contributed by atoms with van der Waals surface area (Å²) in [6, 6.07) is 13.5. The Morgan fingerprint density at radius 2 is 1.94 bits per heavy atom. The van der Waals surface area contributed by atoms with Gasteiger partial charge in [-0.25, -0.2) is 9.97 Å². The molecule has 0 amide bonds. The van der Waals surface area contributed by atoms with Gasteiger partial charge < -0.3 is 10.2 Å². The van der Waals surface area contributed by atoms with E-state index < -0.39 is 0 Å². The van der Waals surface area contributed by atoms with Gasteiger partial charge in [0, 0.05) is 30.4 Å². The summed E-state index contributed by atoms with van der Waals surface area (Å²) >= 11 is 6.28. The second-order valence-corrected chi connectivity index (χ2v) is 9.67. The summed E-state index contributed by atoms with van der Waals surface area (Å²) in [6.45, 7) is 8.29. The molecular weight excluding hydrogens is 436 g/mol. The van der Waals surface area contributed by atoms with Crippen LogP contribution in [-0.2, 0) is 12.0 Å². The number of hydrogen-bond acceptors (Lipinski definition) is 6. The predicted molar refractivity (Wildman–Crippen MR) is 132 cm³/mol. The molecule has 0 radical (unpaired) electrons. The first-order valence-corrected chi connectivity index (χ1v) is 11.2. The molecule has 0 spiro atoms. The average Bonchev–Trinajstić information content (AvgIpc) is 2.76. The largest absolute Gasteiger partial charge is 0.324 e. The van der Waals surface area contributed by atoms with Gasteiger partial charge in [-0.15, -0.1) is 0 Å². The minimum atomic E-state index is -0.311. The Labute approximate surface area is 197 Å². The van der Waals surface area contributed by atoms with Crippen molar-refractivity contribution in [3.8, 4) is 5.69 Å². The van der Waals surface area contributed by atoms with Gasteiger partial charge in [0.15, 0.2) is 0 Å². The van der Waals surface area contributed by atoms with Crippen molar-refractivity contribution in [1.29, 1.82) is 0 Å². The number of halogens is 1. The van der Waals surface area contributed by atoms with Gasteiger partial charge in [-0.2, -0.15) is 9.78 Å². The van der Waals surface area contributed by atoms with Crippen LogP contribution in [0.15, 0.2) is 53.5 Å². The molecule has 8 heteroatoms. The molecule has 168 valence electrons. The zero-order chi connectivity index (χ0) is 23.3. The minimum Gasteiger partial charge on any atom is -0.324 e. The smallest absolute Gasteiger partial charge is 0.282 e. The molecular formula is C25H25ClN6O. The van der Waals surface area contributed by atoms with Crippen molar-refractivity contribution in [2.75, 3.05) is 18.9 Å². The summed E-state index contributed by atoms with van der Waals surface area (Å²) in [5.74, 6) is 0.422. The third-order valence-electron chi connectivity index (χ3n) is 6.08. The van der Waals surface area contributed by atoms with Gasteiger partial charge in [0.25, 0.3) is 5.56 Å². The molecule has 0 saturated heterocycles. The highest BCUT2D eigenvalue weighted by molar-refractivity contribution is 6.32. The number of aromatic nitrogens is 4. The van der Waals surface area contributed by atoms with Crippen molar-refractivity contribution in [3.63, 3.8) is 0 Å². The lowest BCUT2D eigenvalue weighted by Gasteiger charge is -2.38. The van der Waals surface area contributed by atoms with Gasteiger partial charge in [0.05, 0.1) is 21.8 Å². The van der Waals surface area contributed by atoms with Crippen molar-refractivity contribution in [3.05, 3.63) is 80.9 Å². The molecule has 0 aliphatic carbocycles. The average molecular weight is 461 g/mol. The quantitative estimate of drug-likeness (QED) is 0.481. The number of fused-ring (bicyclic) bond motifs is 2. The van der Waals surface area contributed by atoms with Gasteiger partial charge in [-0.3, -0.25) is 4.79 Å². The number of rotatable bonds is 3. The van der Waals surface area contributed by atoms with E-state index in [1.54, 1.807) is 18.3 Å². The first kappa shape index (κ1) is 21.6. The molecule has 0 saturated carbocycles. The summed E-state index contributed by atoms with van der Waals surface area (Å²) in [6.07, 6.45) is 1.55. The number of nitrogens with one attached hydrogen (secondary N) is 1. The third-order valence-corrected chi connectivity index (χ3v) is 6.40. The molecule has 3 heterocycles. The summed E-state index contributed by atoms with van der Waals surface area (Å²) in [5.41, 5.74) is 5.01. The maximum Gasteiger partial charge on any atom is 0.282 e. The number of para-hydroxylation sites is 1. The Balaban J connectivity index is 1.52. The van der Waals surface area contributed by atoms with E-state index in [1.165, 1.54) is 15.8 Å². The van der Waals surface area contributed by atoms with Crippen LogP contribution in [0.3, 0.4) is 0 Å². The van der Waals surface area contributed by atoms with E-state index in [0.29, 0.717) is 33.3 Å². The monoisotopic (exact) mass is 460 g/mol. The third kappa shape index (κ3) is 3.87. The van der Waals surface area contributed by atoms with Gasteiger partial charge >= 0.3 is 0 Å². The van der Waals surface area contributed by atoms with Crippen LogP contribution in [0, 0.1) is 6.92 Å². The number of hydrogen-bond donors (Lipinski definition) is 1. The first-order chi connectivity index (χ1) is 15.7. The molecule has 2 aromatic carbocycles. The molecule has 33 heavy (non-hydrogen) atoms. The fourth-order valence-electron chi connectivity index (χ4n) is 4.72. The van der Waals surface area contributed by atoms with Crippen molar-refractivity contribution < 1.29 is 0 Å². The molecule has 0 fully saturated rings. The highest BCUT2D eigenvalue weighted by Crippen LogP contribution is 2.34. The molecule has 0 unspecified atom stereocenters. The zero-order valence-corrected chi connectivity index (χ0v) is 19.8. The van der Waals surface area contributed by atoms with Crippen LogP contribution < -0.4 is 10.9 Å². The van der Waals surface area contributed by atoms with Gasteiger partial charge in [-0.1, -0.05) is 43.6 Å². The van der Waals surface area contributed by atoms with Crippen LogP contribution in [0.2, 0.25) is 5.02 Å². The SMILES string of the molecule is Cc1nn(-c2ccccc2Cl)c(=O)c2cnc(Nc3ccc4c(c3)CN(C)CC4(C)C)nc12. The first-order valence-electron chi connectivity index (χ1n) is 10.8.